The summed E-state index contributed by atoms with van der Waals surface area (Å²) in [6.45, 7) is 0. The largest absolute Gasteiger partial charge is 0.385 e. The van der Waals surface area contributed by atoms with Crippen molar-refractivity contribution in [3.8, 4) is 0 Å². The summed E-state index contributed by atoms with van der Waals surface area (Å²) in [5.74, 6) is 0.307. The van der Waals surface area contributed by atoms with Crippen molar-refractivity contribution < 1.29 is 5.11 Å². The van der Waals surface area contributed by atoms with E-state index in [4.69, 9.17) is 0 Å². The van der Waals surface area contributed by atoms with Crippen molar-refractivity contribution in [2.75, 3.05) is 0 Å². The highest BCUT2D eigenvalue weighted by Gasteiger charge is 2.49. The Morgan fingerprint density at radius 2 is 0.967 bits per heavy atom. The Morgan fingerprint density at radius 1 is 0.533 bits per heavy atom. The fourth-order valence-electron chi connectivity index (χ4n) is 6.09. The third kappa shape index (κ3) is 2.66. The van der Waals surface area contributed by atoms with Crippen LogP contribution in [0.4, 0.5) is 0 Å². The smallest absolute Gasteiger partial charge is 0.0971 e. The zero-order valence-electron chi connectivity index (χ0n) is 17.1. The predicted molar refractivity (Wildman–Crippen MR) is 123 cm³/mol. The summed E-state index contributed by atoms with van der Waals surface area (Å²) in [7, 11) is 0. The molecular formula is C29H26O. The van der Waals surface area contributed by atoms with E-state index in [-0.39, 0.29) is 11.8 Å². The lowest BCUT2D eigenvalue weighted by molar-refractivity contribution is -0.0700. The molecule has 2 bridgehead atoms. The zero-order chi connectivity index (χ0) is 20.1. The summed E-state index contributed by atoms with van der Waals surface area (Å²) in [5.41, 5.74) is 5.87. The maximum Gasteiger partial charge on any atom is 0.0971 e. The molecule has 148 valence electrons. The van der Waals surface area contributed by atoms with E-state index in [1.165, 1.54) is 33.0 Å². The van der Waals surface area contributed by atoms with Gasteiger partial charge >= 0.3 is 0 Å². The van der Waals surface area contributed by atoms with E-state index in [1.54, 1.807) is 0 Å². The summed E-state index contributed by atoms with van der Waals surface area (Å²) in [6, 6.07) is 32.6. The SMILES string of the molecule is OC1(c2cccc3ccccc23)C2Cc3ccccc3CC1Cc1ccccc1C2. The molecule has 0 amide bonds. The fourth-order valence-corrected chi connectivity index (χ4v) is 6.09. The molecule has 2 aliphatic carbocycles. The molecule has 2 aliphatic rings. The van der Waals surface area contributed by atoms with Crippen molar-refractivity contribution >= 4 is 10.8 Å². The second kappa shape index (κ2) is 6.82. The zero-order valence-corrected chi connectivity index (χ0v) is 17.1. The minimum atomic E-state index is -0.862. The topological polar surface area (TPSA) is 20.2 Å². The summed E-state index contributed by atoms with van der Waals surface area (Å²) in [4.78, 5) is 0. The summed E-state index contributed by atoms with van der Waals surface area (Å²) in [5, 5.41) is 15.1. The molecule has 1 heteroatoms. The Morgan fingerprint density at radius 3 is 1.50 bits per heavy atom. The molecule has 0 fully saturated rings. The number of aliphatic hydroxyl groups is 1. The van der Waals surface area contributed by atoms with Gasteiger partial charge in [0.2, 0.25) is 0 Å². The second-order valence-electron chi connectivity index (χ2n) is 9.10. The highest BCUT2D eigenvalue weighted by atomic mass is 16.3. The van der Waals surface area contributed by atoms with Gasteiger partial charge in [0.15, 0.2) is 0 Å². The first kappa shape index (κ1) is 17.9. The standard InChI is InChI=1S/C29H26O/c30-29(28-15-7-13-20-8-5-6-14-27(20)28)25-16-21-9-1-2-10-22(21)17-26(29)19-24-12-4-3-11-23(24)18-25/h1-15,25-26,30H,16-19H2. The third-order valence-corrected chi connectivity index (χ3v) is 7.57. The van der Waals surface area contributed by atoms with Crippen LogP contribution in [-0.4, -0.2) is 5.11 Å². The van der Waals surface area contributed by atoms with Crippen molar-refractivity contribution in [3.05, 3.63) is 119 Å². The van der Waals surface area contributed by atoms with Crippen LogP contribution >= 0.6 is 0 Å². The molecule has 0 atom stereocenters. The van der Waals surface area contributed by atoms with E-state index < -0.39 is 5.60 Å². The van der Waals surface area contributed by atoms with Crippen molar-refractivity contribution in [3.63, 3.8) is 0 Å². The van der Waals surface area contributed by atoms with Gasteiger partial charge in [-0.15, -0.1) is 0 Å². The van der Waals surface area contributed by atoms with Crippen LogP contribution in [0.25, 0.3) is 10.8 Å². The average molecular weight is 391 g/mol. The average Bonchev–Trinajstić information content (AvgIpc) is 2.98. The maximum absolute atomic E-state index is 12.7. The van der Waals surface area contributed by atoms with Gasteiger partial charge in [-0.1, -0.05) is 91.0 Å². The summed E-state index contributed by atoms with van der Waals surface area (Å²) < 4.78 is 0. The van der Waals surface area contributed by atoms with Gasteiger partial charge in [-0.25, -0.2) is 0 Å². The normalized spacial score (nSPS) is 25.1. The van der Waals surface area contributed by atoms with Gasteiger partial charge < -0.3 is 5.11 Å². The van der Waals surface area contributed by atoms with Gasteiger partial charge in [0.25, 0.3) is 0 Å². The molecule has 0 unspecified atom stereocenters. The third-order valence-electron chi connectivity index (χ3n) is 7.57. The molecule has 1 nitrogen and oxygen atoms in total. The Hall–Kier alpha value is -2.90. The lowest BCUT2D eigenvalue weighted by Gasteiger charge is -2.41. The lowest BCUT2D eigenvalue weighted by atomic mass is 9.68. The molecule has 0 aliphatic heterocycles. The number of hydrogen-bond acceptors (Lipinski definition) is 1. The van der Waals surface area contributed by atoms with Gasteiger partial charge in [0.05, 0.1) is 5.60 Å². The quantitative estimate of drug-likeness (QED) is 0.432. The van der Waals surface area contributed by atoms with E-state index in [9.17, 15) is 5.11 Å². The van der Waals surface area contributed by atoms with Crippen LogP contribution in [0.3, 0.4) is 0 Å². The molecule has 0 aromatic heterocycles. The van der Waals surface area contributed by atoms with Gasteiger partial charge in [0.1, 0.15) is 0 Å². The number of fused-ring (bicyclic) bond motifs is 5. The van der Waals surface area contributed by atoms with Crippen molar-refractivity contribution in [2.45, 2.75) is 31.3 Å². The monoisotopic (exact) mass is 390 g/mol. The summed E-state index contributed by atoms with van der Waals surface area (Å²) in [6.07, 6.45) is 3.67. The maximum atomic E-state index is 12.7. The molecule has 4 aromatic carbocycles. The summed E-state index contributed by atoms with van der Waals surface area (Å²) >= 11 is 0. The fraction of sp³-hybridized carbons (Fsp3) is 0.241. The Labute approximate surface area is 178 Å². The van der Waals surface area contributed by atoms with Crippen LogP contribution in [0.15, 0.2) is 91.0 Å². The Balaban J connectivity index is 1.61. The van der Waals surface area contributed by atoms with Gasteiger partial charge in [-0.05, 0) is 64.3 Å². The van der Waals surface area contributed by atoms with Crippen LogP contribution in [0.5, 0.6) is 0 Å². The van der Waals surface area contributed by atoms with Crippen molar-refractivity contribution in [1.82, 2.24) is 0 Å². The highest BCUT2D eigenvalue weighted by molar-refractivity contribution is 5.86. The van der Waals surface area contributed by atoms with Gasteiger partial charge in [0, 0.05) is 11.8 Å². The molecule has 0 saturated carbocycles. The van der Waals surface area contributed by atoms with Gasteiger partial charge in [-0.2, -0.15) is 0 Å². The minimum absolute atomic E-state index is 0.153. The molecule has 0 saturated heterocycles. The first-order chi connectivity index (χ1) is 14.7. The Bertz CT molecular complexity index is 1130. The van der Waals surface area contributed by atoms with E-state index in [1.807, 2.05) is 0 Å². The highest BCUT2D eigenvalue weighted by Crippen LogP contribution is 2.50. The molecule has 0 spiro atoms. The molecule has 30 heavy (non-hydrogen) atoms. The van der Waals surface area contributed by atoms with Crippen LogP contribution in [0.2, 0.25) is 0 Å². The van der Waals surface area contributed by atoms with Crippen LogP contribution in [-0.2, 0) is 31.3 Å². The van der Waals surface area contributed by atoms with E-state index in [2.05, 4.69) is 91.0 Å². The molecule has 1 N–H and O–H groups in total. The lowest BCUT2D eigenvalue weighted by Crippen LogP contribution is -2.43. The molecule has 0 heterocycles. The van der Waals surface area contributed by atoms with Crippen LogP contribution < -0.4 is 0 Å². The number of rotatable bonds is 1. The van der Waals surface area contributed by atoms with Crippen LogP contribution in [0.1, 0.15) is 27.8 Å². The second-order valence-corrected chi connectivity index (χ2v) is 9.10. The van der Waals surface area contributed by atoms with Crippen molar-refractivity contribution in [1.29, 1.82) is 0 Å². The first-order valence-electron chi connectivity index (χ1n) is 11.1. The number of hydrogen-bond donors (Lipinski definition) is 1. The molecule has 0 radical (unpaired) electrons. The Kier molecular flexibility index (Phi) is 4.07. The van der Waals surface area contributed by atoms with E-state index >= 15 is 0 Å². The van der Waals surface area contributed by atoms with E-state index in [0.717, 1.165) is 31.2 Å². The van der Waals surface area contributed by atoms with Crippen LogP contribution in [0, 0.1) is 11.8 Å². The number of benzene rings is 4. The van der Waals surface area contributed by atoms with E-state index in [0.29, 0.717) is 0 Å². The first-order valence-corrected chi connectivity index (χ1v) is 11.1. The van der Waals surface area contributed by atoms with Crippen molar-refractivity contribution in [2.24, 2.45) is 11.8 Å². The molecule has 4 aromatic rings. The minimum Gasteiger partial charge on any atom is -0.385 e. The van der Waals surface area contributed by atoms with Gasteiger partial charge in [-0.3, -0.25) is 0 Å². The molecular weight excluding hydrogens is 364 g/mol. The predicted octanol–water partition coefficient (Wildman–Crippen LogP) is 5.86. The molecule has 6 rings (SSSR count).